The number of pyridine rings is 1. The van der Waals surface area contributed by atoms with Gasteiger partial charge in [-0.2, -0.15) is 0 Å². The predicted octanol–water partition coefficient (Wildman–Crippen LogP) is 3.84. The van der Waals surface area contributed by atoms with Crippen molar-refractivity contribution in [3.8, 4) is 5.75 Å². The van der Waals surface area contributed by atoms with Gasteiger partial charge in [0.05, 0.1) is 23.9 Å². The van der Waals surface area contributed by atoms with Gasteiger partial charge in [0.2, 0.25) is 0 Å². The Labute approximate surface area is 137 Å². The first kappa shape index (κ1) is 16.2. The van der Waals surface area contributed by atoms with E-state index in [1.54, 1.807) is 12.4 Å². The molecule has 0 amide bonds. The van der Waals surface area contributed by atoms with Crippen LogP contribution < -0.4 is 16.0 Å². The van der Waals surface area contributed by atoms with E-state index in [2.05, 4.69) is 33.3 Å². The first-order valence-electron chi connectivity index (χ1n) is 6.64. The van der Waals surface area contributed by atoms with E-state index in [-0.39, 0.29) is 6.04 Å². The zero-order valence-electron chi connectivity index (χ0n) is 11.6. The molecule has 0 aliphatic rings. The summed E-state index contributed by atoms with van der Waals surface area (Å²) in [5, 5.41) is 0.660. The van der Waals surface area contributed by atoms with Gasteiger partial charge in [-0.15, -0.1) is 0 Å². The average Bonchev–Trinajstić information content (AvgIpc) is 2.50. The number of hydrogen-bond donors (Lipinski definition) is 2. The molecule has 112 valence electrons. The second-order valence-electron chi connectivity index (χ2n) is 4.58. The predicted molar refractivity (Wildman–Crippen MR) is 88.3 cm³/mol. The Bertz CT molecular complexity index is 609. The lowest BCUT2D eigenvalue weighted by Crippen LogP contribution is -2.29. The molecule has 2 aromatic rings. The highest BCUT2D eigenvalue weighted by molar-refractivity contribution is 9.10. The van der Waals surface area contributed by atoms with E-state index >= 15 is 0 Å². The Morgan fingerprint density at radius 3 is 2.81 bits per heavy atom. The monoisotopic (exact) mass is 369 g/mol. The molecule has 0 aliphatic carbocycles. The van der Waals surface area contributed by atoms with E-state index in [9.17, 15) is 0 Å². The van der Waals surface area contributed by atoms with Crippen molar-refractivity contribution in [1.29, 1.82) is 0 Å². The molecule has 1 unspecified atom stereocenters. The van der Waals surface area contributed by atoms with Crippen molar-refractivity contribution < 1.29 is 4.74 Å². The molecule has 0 spiro atoms. The van der Waals surface area contributed by atoms with Gasteiger partial charge in [-0.05, 0) is 51.7 Å². The van der Waals surface area contributed by atoms with Crippen molar-refractivity contribution in [2.45, 2.75) is 19.4 Å². The SMILES string of the molecule is CCCOc1cncc(C(NN)c2ccc(Cl)c(Br)c2)c1. The molecule has 0 aliphatic heterocycles. The molecule has 3 N–H and O–H groups in total. The first-order valence-corrected chi connectivity index (χ1v) is 7.81. The van der Waals surface area contributed by atoms with Gasteiger partial charge in [0.1, 0.15) is 5.75 Å². The highest BCUT2D eigenvalue weighted by Gasteiger charge is 2.15. The molecule has 0 bridgehead atoms. The minimum atomic E-state index is -0.184. The lowest BCUT2D eigenvalue weighted by atomic mass is 10.0. The van der Waals surface area contributed by atoms with E-state index in [0.29, 0.717) is 11.6 Å². The molecule has 1 aromatic carbocycles. The molecule has 0 radical (unpaired) electrons. The largest absolute Gasteiger partial charge is 0.492 e. The molecule has 1 aromatic heterocycles. The number of nitrogens with two attached hydrogens (primary N) is 1. The minimum absolute atomic E-state index is 0.184. The van der Waals surface area contributed by atoms with Gasteiger partial charge >= 0.3 is 0 Å². The second-order valence-corrected chi connectivity index (χ2v) is 5.84. The molecule has 0 saturated carbocycles. The van der Waals surface area contributed by atoms with Gasteiger partial charge in [0, 0.05) is 10.7 Å². The van der Waals surface area contributed by atoms with Crippen molar-refractivity contribution in [1.82, 2.24) is 10.4 Å². The Balaban J connectivity index is 2.30. The van der Waals surface area contributed by atoms with E-state index in [0.717, 1.165) is 27.8 Å². The van der Waals surface area contributed by atoms with Crippen molar-refractivity contribution in [3.05, 3.63) is 57.3 Å². The zero-order chi connectivity index (χ0) is 15.2. The van der Waals surface area contributed by atoms with Gasteiger partial charge in [-0.25, -0.2) is 5.43 Å². The number of nitrogens with one attached hydrogen (secondary N) is 1. The first-order chi connectivity index (χ1) is 10.2. The number of ether oxygens (including phenoxy) is 1. The number of nitrogens with zero attached hydrogens (tertiary/aromatic N) is 1. The van der Waals surface area contributed by atoms with Crippen LogP contribution in [-0.4, -0.2) is 11.6 Å². The molecule has 1 atom stereocenters. The van der Waals surface area contributed by atoms with Crippen LogP contribution in [0.3, 0.4) is 0 Å². The summed E-state index contributed by atoms with van der Waals surface area (Å²) in [4.78, 5) is 4.21. The van der Waals surface area contributed by atoms with Crippen LogP contribution in [0.5, 0.6) is 5.75 Å². The van der Waals surface area contributed by atoms with Gasteiger partial charge in [-0.3, -0.25) is 10.8 Å². The molecule has 4 nitrogen and oxygen atoms in total. The maximum absolute atomic E-state index is 6.03. The molecule has 6 heteroatoms. The topological polar surface area (TPSA) is 60.2 Å². The van der Waals surface area contributed by atoms with Crippen LogP contribution >= 0.6 is 27.5 Å². The summed E-state index contributed by atoms with van der Waals surface area (Å²) < 4.78 is 6.43. The van der Waals surface area contributed by atoms with Crippen molar-refractivity contribution in [2.75, 3.05) is 6.61 Å². The van der Waals surface area contributed by atoms with Crippen molar-refractivity contribution >= 4 is 27.5 Å². The maximum Gasteiger partial charge on any atom is 0.137 e. The fraction of sp³-hybridized carbons (Fsp3) is 0.267. The fourth-order valence-corrected chi connectivity index (χ4v) is 2.48. The summed E-state index contributed by atoms with van der Waals surface area (Å²) in [6.07, 6.45) is 4.42. The maximum atomic E-state index is 6.03. The third-order valence-corrected chi connectivity index (χ3v) is 4.20. The molecular formula is C15H17BrClN3O. The number of rotatable bonds is 6. The summed E-state index contributed by atoms with van der Waals surface area (Å²) >= 11 is 9.45. The number of benzene rings is 1. The third-order valence-electron chi connectivity index (χ3n) is 2.98. The van der Waals surface area contributed by atoms with E-state index < -0.39 is 0 Å². The number of aromatic nitrogens is 1. The van der Waals surface area contributed by atoms with Crippen LogP contribution in [0.25, 0.3) is 0 Å². The summed E-state index contributed by atoms with van der Waals surface area (Å²) in [5.74, 6) is 6.45. The minimum Gasteiger partial charge on any atom is -0.492 e. The van der Waals surface area contributed by atoms with Crippen molar-refractivity contribution in [2.24, 2.45) is 5.84 Å². The molecule has 0 saturated heterocycles. The number of hydrazine groups is 1. The molecule has 2 rings (SSSR count). The Morgan fingerprint density at radius 1 is 1.33 bits per heavy atom. The molecule has 1 heterocycles. The van der Waals surface area contributed by atoms with Gasteiger partial charge in [-0.1, -0.05) is 24.6 Å². The quantitative estimate of drug-likeness (QED) is 0.599. The van der Waals surface area contributed by atoms with Crippen LogP contribution in [0.4, 0.5) is 0 Å². The van der Waals surface area contributed by atoms with Crippen LogP contribution in [0.15, 0.2) is 41.1 Å². The van der Waals surface area contributed by atoms with E-state index in [1.165, 1.54) is 0 Å². The van der Waals surface area contributed by atoms with Crippen LogP contribution in [0, 0.1) is 0 Å². The molecule has 21 heavy (non-hydrogen) atoms. The molecule has 0 fully saturated rings. The normalized spacial score (nSPS) is 12.2. The summed E-state index contributed by atoms with van der Waals surface area (Å²) in [5.41, 5.74) is 4.73. The van der Waals surface area contributed by atoms with Gasteiger partial charge < -0.3 is 4.74 Å². The van der Waals surface area contributed by atoms with Gasteiger partial charge in [0.15, 0.2) is 0 Å². The van der Waals surface area contributed by atoms with Crippen LogP contribution in [0.2, 0.25) is 5.02 Å². The zero-order valence-corrected chi connectivity index (χ0v) is 14.0. The Morgan fingerprint density at radius 2 is 2.14 bits per heavy atom. The van der Waals surface area contributed by atoms with Crippen molar-refractivity contribution in [3.63, 3.8) is 0 Å². The lowest BCUT2D eigenvalue weighted by molar-refractivity contribution is 0.315. The summed E-state index contributed by atoms with van der Waals surface area (Å²) in [6, 6.07) is 7.45. The lowest BCUT2D eigenvalue weighted by Gasteiger charge is -2.18. The van der Waals surface area contributed by atoms with E-state index in [1.807, 2.05) is 24.3 Å². The highest BCUT2D eigenvalue weighted by atomic mass is 79.9. The third kappa shape index (κ3) is 4.17. The fourth-order valence-electron chi connectivity index (χ4n) is 1.97. The smallest absolute Gasteiger partial charge is 0.137 e. The van der Waals surface area contributed by atoms with Crippen LogP contribution in [0.1, 0.15) is 30.5 Å². The second kappa shape index (κ2) is 7.75. The average molecular weight is 371 g/mol. The van der Waals surface area contributed by atoms with Gasteiger partial charge in [0.25, 0.3) is 0 Å². The van der Waals surface area contributed by atoms with E-state index in [4.69, 9.17) is 22.2 Å². The summed E-state index contributed by atoms with van der Waals surface area (Å²) in [6.45, 7) is 2.73. The van der Waals surface area contributed by atoms with Crippen LogP contribution in [-0.2, 0) is 0 Å². The number of hydrogen-bond acceptors (Lipinski definition) is 4. The molecular weight excluding hydrogens is 354 g/mol. The Kier molecular flexibility index (Phi) is 5.99. The standard InChI is InChI=1S/C15H17BrClN3O/c1-2-5-21-12-6-11(8-19-9-12)15(20-18)10-3-4-14(17)13(16)7-10/h3-4,6-9,15,20H,2,5,18H2,1H3. The highest BCUT2D eigenvalue weighted by Crippen LogP contribution is 2.29. The summed E-state index contributed by atoms with van der Waals surface area (Å²) in [7, 11) is 0. The number of halogens is 2. The Hall–Kier alpha value is -1.14.